The minimum absolute atomic E-state index is 0.474. The fourth-order valence-electron chi connectivity index (χ4n) is 1.63. The summed E-state index contributed by atoms with van der Waals surface area (Å²) in [4.78, 5) is 3.98. The molecule has 0 amide bonds. The van der Waals surface area contributed by atoms with Crippen molar-refractivity contribution in [2.45, 2.75) is 26.3 Å². The van der Waals surface area contributed by atoms with Gasteiger partial charge in [-0.2, -0.15) is 0 Å². The van der Waals surface area contributed by atoms with Gasteiger partial charge in [-0.25, -0.2) is 0 Å². The fraction of sp³-hybridized carbons (Fsp3) is 0.462. The van der Waals surface area contributed by atoms with Crippen LogP contribution in [0.15, 0.2) is 28.9 Å². The molecule has 0 saturated carbocycles. The van der Waals surface area contributed by atoms with Gasteiger partial charge in [0.25, 0.3) is 0 Å². The van der Waals surface area contributed by atoms with E-state index in [0.717, 1.165) is 25.9 Å². The lowest BCUT2D eigenvalue weighted by molar-refractivity contribution is 0.477. The molecule has 0 saturated heterocycles. The number of rotatable bonds is 8. The van der Waals surface area contributed by atoms with Crippen LogP contribution in [0.4, 0.5) is 6.01 Å². The van der Waals surface area contributed by atoms with Crippen molar-refractivity contribution in [3.05, 3.63) is 36.0 Å². The molecule has 102 valence electrons. The highest BCUT2D eigenvalue weighted by Crippen LogP contribution is 2.05. The molecule has 0 unspecified atom stereocenters. The van der Waals surface area contributed by atoms with Crippen LogP contribution in [0.3, 0.4) is 0 Å². The largest absolute Gasteiger partial charge is 0.407 e. The third kappa shape index (κ3) is 4.67. The first-order valence-electron chi connectivity index (χ1n) is 6.54. The van der Waals surface area contributed by atoms with Gasteiger partial charge in [0.05, 0.1) is 6.54 Å². The van der Waals surface area contributed by atoms with Crippen molar-refractivity contribution in [1.82, 2.24) is 20.5 Å². The topological polar surface area (TPSA) is 75.9 Å². The van der Waals surface area contributed by atoms with Crippen molar-refractivity contribution in [2.24, 2.45) is 0 Å². The highest BCUT2D eigenvalue weighted by atomic mass is 16.4. The molecule has 2 aromatic rings. The van der Waals surface area contributed by atoms with Gasteiger partial charge in [-0.3, -0.25) is 4.98 Å². The molecular weight excluding hydrogens is 242 g/mol. The van der Waals surface area contributed by atoms with Crippen LogP contribution in [0.1, 0.15) is 24.8 Å². The average molecular weight is 261 g/mol. The van der Waals surface area contributed by atoms with Crippen LogP contribution >= 0.6 is 0 Å². The quantitative estimate of drug-likeness (QED) is 0.703. The van der Waals surface area contributed by atoms with E-state index < -0.39 is 0 Å². The Bertz CT molecular complexity index is 471. The van der Waals surface area contributed by atoms with E-state index in [4.69, 9.17) is 4.42 Å². The molecule has 19 heavy (non-hydrogen) atoms. The number of anilines is 1. The lowest BCUT2D eigenvalue weighted by atomic mass is 10.2. The molecule has 0 radical (unpaired) electrons. The number of pyridine rings is 1. The highest BCUT2D eigenvalue weighted by Gasteiger charge is 2.04. The van der Waals surface area contributed by atoms with Crippen LogP contribution in [-0.4, -0.2) is 28.3 Å². The summed E-state index contributed by atoms with van der Waals surface area (Å²) in [5.41, 5.74) is 1.23. The molecule has 0 bridgehead atoms. The standard InChI is InChI=1S/C13H19N5O/c1-2-6-15-10-12-17-18-13(19-12)16-9-5-11-3-7-14-8-4-11/h3-4,7-8,15H,2,5-6,9-10H2,1H3,(H,16,18). The maximum absolute atomic E-state index is 5.46. The molecule has 0 fully saturated rings. The molecule has 0 aliphatic rings. The van der Waals surface area contributed by atoms with E-state index in [0.29, 0.717) is 18.5 Å². The highest BCUT2D eigenvalue weighted by molar-refractivity contribution is 5.19. The normalized spacial score (nSPS) is 10.6. The summed E-state index contributed by atoms with van der Waals surface area (Å²) in [6, 6.07) is 4.47. The summed E-state index contributed by atoms with van der Waals surface area (Å²) in [7, 11) is 0. The van der Waals surface area contributed by atoms with Gasteiger partial charge >= 0.3 is 6.01 Å². The van der Waals surface area contributed by atoms with E-state index in [2.05, 4.69) is 32.7 Å². The van der Waals surface area contributed by atoms with Crippen LogP contribution in [0.5, 0.6) is 0 Å². The maximum Gasteiger partial charge on any atom is 0.315 e. The average Bonchev–Trinajstić information content (AvgIpc) is 2.88. The molecule has 2 N–H and O–H groups in total. The molecule has 0 aliphatic carbocycles. The number of nitrogens with zero attached hydrogens (tertiary/aromatic N) is 3. The summed E-state index contributed by atoms with van der Waals surface area (Å²) >= 11 is 0. The van der Waals surface area contributed by atoms with Gasteiger partial charge in [-0.05, 0) is 37.1 Å². The molecule has 0 atom stereocenters. The second-order valence-corrected chi connectivity index (χ2v) is 4.21. The summed E-state index contributed by atoms with van der Waals surface area (Å²) in [6.45, 7) is 4.45. The molecule has 2 aromatic heterocycles. The van der Waals surface area contributed by atoms with E-state index in [9.17, 15) is 0 Å². The molecular formula is C13H19N5O. The maximum atomic E-state index is 5.46. The molecule has 0 spiro atoms. The SMILES string of the molecule is CCCNCc1nnc(NCCc2ccncc2)o1. The first kappa shape index (κ1) is 13.5. The van der Waals surface area contributed by atoms with Gasteiger partial charge in [0.1, 0.15) is 0 Å². The van der Waals surface area contributed by atoms with Crippen molar-refractivity contribution >= 4 is 6.01 Å². The second-order valence-electron chi connectivity index (χ2n) is 4.21. The Balaban J connectivity index is 1.71. The summed E-state index contributed by atoms with van der Waals surface area (Å²) in [5, 5.41) is 14.2. The van der Waals surface area contributed by atoms with E-state index in [1.165, 1.54) is 5.56 Å². The minimum atomic E-state index is 0.474. The third-order valence-electron chi connectivity index (χ3n) is 2.61. The Morgan fingerprint density at radius 2 is 2.00 bits per heavy atom. The van der Waals surface area contributed by atoms with Crippen molar-refractivity contribution in [3.63, 3.8) is 0 Å². The van der Waals surface area contributed by atoms with Crippen molar-refractivity contribution in [1.29, 1.82) is 0 Å². The van der Waals surface area contributed by atoms with Gasteiger partial charge in [-0.1, -0.05) is 12.0 Å². The number of hydrogen-bond donors (Lipinski definition) is 2. The third-order valence-corrected chi connectivity index (χ3v) is 2.61. The monoisotopic (exact) mass is 261 g/mol. The van der Waals surface area contributed by atoms with Gasteiger partial charge in [0, 0.05) is 18.9 Å². The van der Waals surface area contributed by atoms with Crippen molar-refractivity contribution < 1.29 is 4.42 Å². The van der Waals surface area contributed by atoms with Crippen LogP contribution in [-0.2, 0) is 13.0 Å². The molecule has 6 heteroatoms. The van der Waals surface area contributed by atoms with E-state index >= 15 is 0 Å². The van der Waals surface area contributed by atoms with Crippen molar-refractivity contribution in [2.75, 3.05) is 18.4 Å². The zero-order valence-corrected chi connectivity index (χ0v) is 11.1. The lowest BCUT2D eigenvalue weighted by Crippen LogP contribution is -2.13. The van der Waals surface area contributed by atoms with Gasteiger partial charge in [0.15, 0.2) is 0 Å². The zero-order valence-electron chi connectivity index (χ0n) is 11.1. The van der Waals surface area contributed by atoms with E-state index in [-0.39, 0.29) is 0 Å². The van der Waals surface area contributed by atoms with Gasteiger partial charge in [-0.15, -0.1) is 5.10 Å². The van der Waals surface area contributed by atoms with E-state index in [1.807, 2.05) is 12.1 Å². The Morgan fingerprint density at radius 3 is 2.79 bits per heavy atom. The summed E-state index contributed by atoms with van der Waals surface area (Å²) < 4.78 is 5.46. The van der Waals surface area contributed by atoms with Crippen LogP contribution in [0, 0.1) is 0 Å². The van der Waals surface area contributed by atoms with Crippen LogP contribution < -0.4 is 10.6 Å². The first-order chi connectivity index (χ1) is 9.38. The molecule has 2 rings (SSSR count). The number of hydrogen-bond acceptors (Lipinski definition) is 6. The first-order valence-corrected chi connectivity index (χ1v) is 6.54. The Hall–Kier alpha value is -1.95. The second kappa shape index (κ2) is 7.48. The minimum Gasteiger partial charge on any atom is -0.407 e. The van der Waals surface area contributed by atoms with Crippen molar-refractivity contribution in [3.8, 4) is 0 Å². The Morgan fingerprint density at radius 1 is 1.16 bits per heavy atom. The molecule has 2 heterocycles. The number of aromatic nitrogens is 3. The lowest BCUT2D eigenvalue weighted by Gasteiger charge is -2.01. The smallest absolute Gasteiger partial charge is 0.315 e. The molecule has 6 nitrogen and oxygen atoms in total. The van der Waals surface area contributed by atoms with Gasteiger partial charge < -0.3 is 15.1 Å². The fourth-order valence-corrected chi connectivity index (χ4v) is 1.63. The summed E-state index contributed by atoms with van der Waals surface area (Å²) in [5.74, 6) is 0.611. The summed E-state index contributed by atoms with van der Waals surface area (Å²) in [6.07, 6.45) is 5.57. The predicted molar refractivity (Wildman–Crippen MR) is 72.7 cm³/mol. The number of nitrogens with one attached hydrogen (secondary N) is 2. The molecule has 0 aromatic carbocycles. The zero-order chi connectivity index (χ0) is 13.3. The van der Waals surface area contributed by atoms with Gasteiger partial charge in [0.2, 0.25) is 5.89 Å². The predicted octanol–water partition coefficient (Wildman–Crippen LogP) is 1.62. The molecule has 0 aliphatic heterocycles. The van der Waals surface area contributed by atoms with Crippen LogP contribution in [0.2, 0.25) is 0 Å². The Labute approximate surface area is 112 Å². The van der Waals surface area contributed by atoms with E-state index in [1.54, 1.807) is 12.4 Å². The Kier molecular flexibility index (Phi) is 5.31. The van der Waals surface area contributed by atoms with Crippen LogP contribution in [0.25, 0.3) is 0 Å².